The van der Waals surface area contributed by atoms with Crippen molar-refractivity contribution >= 4 is 0 Å². The maximum atomic E-state index is 12.8. The van der Waals surface area contributed by atoms with Gasteiger partial charge in [-0.1, -0.05) is 30.3 Å². The molecular weight excluding hydrogens is 274 g/mol. The summed E-state index contributed by atoms with van der Waals surface area (Å²) in [7, 11) is 0. The number of hydrogen-bond donors (Lipinski definition) is 1. The van der Waals surface area contributed by atoms with Crippen molar-refractivity contribution in [3.05, 3.63) is 65.5 Å². The summed E-state index contributed by atoms with van der Waals surface area (Å²) in [4.78, 5) is 0. The Hall–Kier alpha value is -2.08. The lowest BCUT2D eigenvalue weighted by Gasteiger charge is -2.18. The first-order chi connectivity index (χ1) is 9.37. The first-order valence-electron chi connectivity index (χ1n) is 5.72. The molecule has 6 heteroatoms. The molecule has 20 heavy (non-hydrogen) atoms. The Bertz CT molecular complexity index is 580. The van der Waals surface area contributed by atoms with Gasteiger partial charge in [0.25, 0.3) is 0 Å². The quantitative estimate of drug-likeness (QED) is 0.871. The minimum Gasteiger partial charge on any atom is -0.405 e. The average molecular weight is 285 g/mol. The molecule has 0 saturated carbocycles. The number of hydrogen-bond acceptors (Lipinski definition) is 2. The second-order valence-electron chi connectivity index (χ2n) is 4.11. The standard InChI is InChI=1S/C14H11F4NO/c15-10-7-5-9(6-8-10)13(19)11-3-1-2-4-12(11)20-14(16,17)18/h1-8,13H,19H2. The van der Waals surface area contributed by atoms with Crippen LogP contribution in [0.15, 0.2) is 48.5 Å². The molecule has 2 aromatic carbocycles. The molecule has 2 aromatic rings. The van der Waals surface area contributed by atoms with E-state index in [9.17, 15) is 17.6 Å². The van der Waals surface area contributed by atoms with E-state index >= 15 is 0 Å². The second kappa shape index (κ2) is 5.50. The van der Waals surface area contributed by atoms with Crippen LogP contribution in [0.3, 0.4) is 0 Å². The lowest BCUT2D eigenvalue weighted by molar-refractivity contribution is -0.274. The normalized spacial score (nSPS) is 13.1. The highest BCUT2D eigenvalue weighted by atomic mass is 19.4. The zero-order valence-corrected chi connectivity index (χ0v) is 10.2. The molecule has 0 bridgehead atoms. The lowest BCUT2D eigenvalue weighted by Crippen LogP contribution is -2.20. The van der Waals surface area contributed by atoms with Gasteiger partial charge in [-0.25, -0.2) is 4.39 Å². The Balaban J connectivity index is 2.34. The van der Waals surface area contributed by atoms with Crippen molar-refractivity contribution < 1.29 is 22.3 Å². The SMILES string of the molecule is NC(c1ccc(F)cc1)c1ccccc1OC(F)(F)F. The van der Waals surface area contributed by atoms with Gasteiger partial charge in [-0.2, -0.15) is 0 Å². The third-order valence-corrected chi connectivity index (χ3v) is 2.71. The van der Waals surface area contributed by atoms with Crippen LogP contribution in [0.4, 0.5) is 17.6 Å². The van der Waals surface area contributed by atoms with Crippen LogP contribution in [0.5, 0.6) is 5.75 Å². The highest BCUT2D eigenvalue weighted by Gasteiger charge is 2.32. The van der Waals surface area contributed by atoms with Crippen LogP contribution < -0.4 is 10.5 Å². The molecule has 1 unspecified atom stereocenters. The summed E-state index contributed by atoms with van der Waals surface area (Å²) in [6.07, 6.45) is -4.79. The molecule has 0 amide bonds. The van der Waals surface area contributed by atoms with Crippen LogP contribution in [-0.4, -0.2) is 6.36 Å². The van der Waals surface area contributed by atoms with Crippen molar-refractivity contribution in [2.45, 2.75) is 12.4 Å². The minimum atomic E-state index is -4.79. The molecule has 0 spiro atoms. The van der Waals surface area contributed by atoms with Crippen LogP contribution in [0.25, 0.3) is 0 Å². The molecule has 2 nitrogen and oxygen atoms in total. The lowest BCUT2D eigenvalue weighted by atomic mass is 9.99. The highest BCUT2D eigenvalue weighted by molar-refractivity contribution is 5.41. The Morgan fingerprint density at radius 2 is 1.55 bits per heavy atom. The van der Waals surface area contributed by atoms with Crippen LogP contribution in [-0.2, 0) is 0 Å². The molecule has 0 aromatic heterocycles. The number of ether oxygens (including phenoxy) is 1. The molecule has 0 aliphatic heterocycles. The van der Waals surface area contributed by atoms with E-state index in [0.29, 0.717) is 5.56 Å². The molecule has 106 valence electrons. The Morgan fingerprint density at radius 1 is 0.950 bits per heavy atom. The van der Waals surface area contributed by atoms with E-state index in [2.05, 4.69) is 4.74 Å². The van der Waals surface area contributed by atoms with E-state index in [1.54, 1.807) is 6.07 Å². The fourth-order valence-electron chi connectivity index (χ4n) is 1.80. The summed E-state index contributed by atoms with van der Waals surface area (Å²) >= 11 is 0. The van der Waals surface area contributed by atoms with Crippen molar-refractivity contribution in [3.63, 3.8) is 0 Å². The molecule has 0 saturated heterocycles. The number of alkyl halides is 3. The molecule has 2 N–H and O–H groups in total. The van der Waals surface area contributed by atoms with Crippen LogP contribution in [0, 0.1) is 5.82 Å². The first-order valence-corrected chi connectivity index (χ1v) is 5.72. The van der Waals surface area contributed by atoms with Gasteiger partial charge in [-0.3, -0.25) is 0 Å². The molecule has 1 atom stereocenters. The number of benzene rings is 2. The number of halogens is 4. The topological polar surface area (TPSA) is 35.2 Å². The van der Waals surface area contributed by atoms with Gasteiger partial charge in [0.1, 0.15) is 11.6 Å². The predicted octanol–water partition coefficient (Wildman–Crippen LogP) is 3.77. The minimum absolute atomic E-state index is 0.177. The average Bonchev–Trinajstić information content (AvgIpc) is 2.37. The smallest absolute Gasteiger partial charge is 0.405 e. The van der Waals surface area contributed by atoms with Gasteiger partial charge < -0.3 is 10.5 Å². The monoisotopic (exact) mass is 285 g/mol. The Labute approximate surface area is 112 Å². The first kappa shape index (κ1) is 14.3. The van der Waals surface area contributed by atoms with Gasteiger partial charge in [0.05, 0.1) is 6.04 Å². The molecule has 0 aliphatic carbocycles. The summed E-state index contributed by atoms with van der Waals surface area (Å²) < 4.78 is 53.8. The van der Waals surface area contributed by atoms with E-state index in [0.717, 1.165) is 0 Å². The summed E-state index contributed by atoms with van der Waals surface area (Å²) in [5, 5.41) is 0. The summed E-state index contributed by atoms with van der Waals surface area (Å²) in [6, 6.07) is 10.00. The highest BCUT2D eigenvalue weighted by Crippen LogP contribution is 2.32. The fraction of sp³-hybridized carbons (Fsp3) is 0.143. The zero-order chi connectivity index (χ0) is 14.8. The van der Waals surface area contributed by atoms with E-state index in [1.807, 2.05) is 0 Å². The van der Waals surface area contributed by atoms with Gasteiger partial charge in [-0.15, -0.1) is 13.2 Å². The van der Waals surface area contributed by atoms with Crippen molar-refractivity contribution in [1.29, 1.82) is 0 Å². The molecule has 0 fully saturated rings. The Morgan fingerprint density at radius 3 is 2.15 bits per heavy atom. The van der Waals surface area contributed by atoms with E-state index in [-0.39, 0.29) is 11.3 Å². The largest absolute Gasteiger partial charge is 0.573 e. The van der Waals surface area contributed by atoms with Gasteiger partial charge in [0, 0.05) is 5.56 Å². The molecule has 0 radical (unpaired) electrons. The molecular formula is C14H11F4NO. The van der Waals surface area contributed by atoms with E-state index in [1.165, 1.54) is 42.5 Å². The summed E-state index contributed by atoms with van der Waals surface area (Å²) in [5.74, 6) is -0.808. The fourth-order valence-corrected chi connectivity index (χ4v) is 1.80. The number of para-hydroxylation sites is 1. The van der Waals surface area contributed by atoms with Gasteiger partial charge >= 0.3 is 6.36 Å². The van der Waals surface area contributed by atoms with Crippen LogP contribution >= 0.6 is 0 Å². The van der Waals surface area contributed by atoms with Crippen molar-refractivity contribution in [2.75, 3.05) is 0 Å². The predicted molar refractivity (Wildman–Crippen MR) is 65.6 cm³/mol. The zero-order valence-electron chi connectivity index (χ0n) is 10.2. The van der Waals surface area contributed by atoms with Crippen molar-refractivity contribution in [2.24, 2.45) is 5.73 Å². The van der Waals surface area contributed by atoms with Crippen LogP contribution in [0.2, 0.25) is 0 Å². The third-order valence-electron chi connectivity index (χ3n) is 2.71. The maximum absolute atomic E-state index is 12.8. The number of rotatable bonds is 3. The maximum Gasteiger partial charge on any atom is 0.573 e. The van der Waals surface area contributed by atoms with Gasteiger partial charge in [-0.05, 0) is 23.8 Å². The van der Waals surface area contributed by atoms with Gasteiger partial charge in [0.2, 0.25) is 0 Å². The van der Waals surface area contributed by atoms with Crippen molar-refractivity contribution in [1.82, 2.24) is 0 Å². The Kier molecular flexibility index (Phi) is 3.94. The van der Waals surface area contributed by atoms with Crippen LogP contribution in [0.1, 0.15) is 17.2 Å². The molecule has 2 rings (SSSR count). The third kappa shape index (κ3) is 3.48. The van der Waals surface area contributed by atoms with E-state index in [4.69, 9.17) is 5.73 Å². The summed E-state index contributed by atoms with van der Waals surface area (Å²) in [5.41, 5.74) is 6.58. The van der Waals surface area contributed by atoms with E-state index < -0.39 is 18.2 Å². The molecule has 0 aliphatic rings. The second-order valence-corrected chi connectivity index (χ2v) is 4.11. The van der Waals surface area contributed by atoms with Gasteiger partial charge in [0.15, 0.2) is 0 Å². The number of nitrogens with two attached hydrogens (primary N) is 1. The molecule has 0 heterocycles. The van der Waals surface area contributed by atoms with Crippen molar-refractivity contribution in [3.8, 4) is 5.75 Å². The summed E-state index contributed by atoms with van der Waals surface area (Å²) in [6.45, 7) is 0.